The fourth-order valence-corrected chi connectivity index (χ4v) is 2.03. The molecule has 0 aromatic heterocycles. The van der Waals surface area contributed by atoms with Gasteiger partial charge in [-0.2, -0.15) is 0 Å². The number of nitrogens with zero attached hydrogens (tertiary/aromatic N) is 2. The lowest BCUT2D eigenvalue weighted by Crippen LogP contribution is -2.45. The highest BCUT2D eigenvalue weighted by molar-refractivity contribution is 5.80. The molecule has 7 heteroatoms. The third-order valence-corrected chi connectivity index (χ3v) is 3.03. The van der Waals surface area contributed by atoms with Crippen LogP contribution in [0.5, 0.6) is 0 Å². The maximum Gasteiger partial charge on any atom is 0.306 e. The molecular weight excluding hydrogens is 238 g/mol. The number of nitrogens with two attached hydrogens (primary N) is 1. The van der Waals surface area contributed by atoms with Crippen molar-refractivity contribution in [3.8, 4) is 0 Å². The van der Waals surface area contributed by atoms with Crippen LogP contribution in [0.4, 0.5) is 0 Å². The van der Waals surface area contributed by atoms with Gasteiger partial charge in [-0.05, 0) is 19.9 Å². The van der Waals surface area contributed by atoms with Gasteiger partial charge in [-0.3, -0.25) is 19.3 Å². The summed E-state index contributed by atoms with van der Waals surface area (Å²) in [5.74, 6) is -1.72. The summed E-state index contributed by atoms with van der Waals surface area (Å²) < 4.78 is 0. The number of primary amides is 1. The summed E-state index contributed by atoms with van der Waals surface area (Å²) in [6, 6.07) is 0. The Balaban J connectivity index is 2.36. The molecule has 0 atom stereocenters. The number of hydrogen-bond donors (Lipinski definition) is 2. The average Bonchev–Trinajstić information content (AvgIpc) is 2.27. The monoisotopic (exact) mass is 257 g/mol. The summed E-state index contributed by atoms with van der Waals surface area (Å²) in [7, 11) is 1.65. The molecule has 0 spiro atoms. The highest BCUT2D eigenvalue weighted by atomic mass is 16.4. The van der Waals surface area contributed by atoms with E-state index in [0.717, 1.165) is 0 Å². The van der Waals surface area contributed by atoms with Crippen molar-refractivity contribution in [2.24, 2.45) is 11.7 Å². The maximum absolute atomic E-state index is 11.9. The number of rotatable bonds is 5. The van der Waals surface area contributed by atoms with E-state index >= 15 is 0 Å². The number of aliphatic carboxylic acids is 1. The second-order valence-electron chi connectivity index (χ2n) is 4.63. The quantitative estimate of drug-likeness (QED) is 0.639. The lowest BCUT2D eigenvalue weighted by Gasteiger charge is -2.31. The second kappa shape index (κ2) is 6.34. The summed E-state index contributed by atoms with van der Waals surface area (Å²) >= 11 is 0. The number of hydrogen-bond acceptors (Lipinski definition) is 4. The van der Waals surface area contributed by atoms with Crippen LogP contribution in [0, 0.1) is 5.92 Å². The first-order valence-electron chi connectivity index (χ1n) is 5.87. The molecule has 1 rings (SSSR count). The second-order valence-corrected chi connectivity index (χ2v) is 4.63. The van der Waals surface area contributed by atoms with Gasteiger partial charge in [-0.25, -0.2) is 0 Å². The molecule has 1 aliphatic rings. The van der Waals surface area contributed by atoms with Gasteiger partial charge in [0.25, 0.3) is 0 Å². The SMILES string of the molecule is CN(CC(N)=O)CC(=O)N1CCC(C(=O)O)CC1. The Kier molecular flexibility index (Phi) is 5.08. The zero-order chi connectivity index (χ0) is 13.7. The minimum absolute atomic E-state index is 0.0390. The van der Waals surface area contributed by atoms with Crippen LogP contribution >= 0.6 is 0 Å². The molecule has 0 aromatic carbocycles. The normalized spacial score (nSPS) is 16.9. The molecule has 102 valence electrons. The summed E-state index contributed by atoms with van der Waals surface area (Å²) in [5, 5.41) is 8.84. The van der Waals surface area contributed by atoms with E-state index in [0.29, 0.717) is 25.9 Å². The number of carbonyl (C=O) groups excluding carboxylic acids is 2. The standard InChI is InChI=1S/C11H19N3O4/c1-13(6-9(12)15)7-10(16)14-4-2-8(3-5-14)11(17)18/h8H,2-7H2,1H3,(H2,12,15)(H,17,18). The Morgan fingerprint density at radius 3 is 2.28 bits per heavy atom. The molecule has 7 nitrogen and oxygen atoms in total. The van der Waals surface area contributed by atoms with Crippen molar-refractivity contribution in [3.05, 3.63) is 0 Å². The van der Waals surface area contributed by atoms with Crippen LogP contribution < -0.4 is 5.73 Å². The van der Waals surface area contributed by atoms with Crippen molar-refractivity contribution in [2.75, 3.05) is 33.2 Å². The molecule has 3 N–H and O–H groups in total. The first-order chi connectivity index (χ1) is 8.40. The van der Waals surface area contributed by atoms with Gasteiger partial charge in [0.2, 0.25) is 11.8 Å². The number of carboxylic acids is 1. The number of piperidine rings is 1. The largest absolute Gasteiger partial charge is 0.481 e. The molecule has 1 saturated heterocycles. The summed E-state index contributed by atoms with van der Waals surface area (Å²) in [4.78, 5) is 36.5. The van der Waals surface area contributed by atoms with E-state index < -0.39 is 11.9 Å². The zero-order valence-corrected chi connectivity index (χ0v) is 10.5. The molecule has 0 bridgehead atoms. The van der Waals surface area contributed by atoms with Gasteiger partial charge in [0.05, 0.1) is 19.0 Å². The number of likely N-dealkylation sites (N-methyl/N-ethyl adjacent to an activating group) is 1. The third-order valence-electron chi connectivity index (χ3n) is 3.03. The van der Waals surface area contributed by atoms with Gasteiger partial charge >= 0.3 is 5.97 Å². The van der Waals surface area contributed by atoms with E-state index in [1.807, 2.05) is 0 Å². The molecule has 0 saturated carbocycles. The van der Waals surface area contributed by atoms with Crippen LogP contribution in [0.2, 0.25) is 0 Å². The van der Waals surface area contributed by atoms with E-state index in [-0.39, 0.29) is 24.9 Å². The number of carboxylic acid groups (broad SMARTS) is 1. The first-order valence-corrected chi connectivity index (χ1v) is 5.87. The summed E-state index contributed by atoms with van der Waals surface area (Å²) in [6.45, 7) is 1.08. The van der Waals surface area contributed by atoms with Gasteiger partial charge < -0.3 is 15.7 Å². The molecule has 1 heterocycles. The molecule has 1 aliphatic heterocycles. The van der Waals surface area contributed by atoms with Gasteiger partial charge in [-0.15, -0.1) is 0 Å². The lowest BCUT2D eigenvalue weighted by molar-refractivity contribution is -0.146. The third kappa shape index (κ3) is 4.33. The van der Waals surface area contributed by atoms with Crippen molar-refractivity contribution in [1.82, 2.24) is 9.80 Å². The van der Waals surface area contributed by atoms with Crippen molar-refractivity contribution in [1.29, 1.82) is 0 Å². The zero-order valence-electron chi connectivity index (χ0n) is 10.5. The van der Waals surface area contributed by atoms with Gasteiger partial charge in [0.15, 0.2) is 0 Å². The highest BCUT2D eigenvalue weighted by Crippen LogP contribution is 2.17. The van der Waals surface area contributed by atoms with E-state index in [4.69, 9.17) is 10.8 Å². The summed E-state index contributed by atoms with van der Waals surface area (Å²) in [6.07, 6.45) is 0.973. The highest BCUT2D eigenvalue weighted by Gasteiger charge is 2.27. The molecule has 0 aromatic rings. The van der Waals surface area contributed by atoms with Crippen molar-refractivity contribution >= 4 is 17.8 Å². The van der Waals surface area contributed by atoms with Crippen LogP contribution in [0.15, 0.2) is 0 Å². The topological polar surface area (TPSA) is 104 Å². The first kappa shape index (κ1) is 14.4. The number of carbonyl (C=O) groups is 3. The average molecular weight is 257 g/mol. The van der Waals surface area contributed by atoms with E-state index in [1.165, 1.54) is 0 Å². The minimum Gasteiger partial charge on any atom is -0.481 e. The van der Waals surface area contributed by atoms with Crippen LogP contribution in [0.3, 0.4) is 0 Å². The van der Waals surface area contributed by atoms with E-state index in [2.05, 4.69) is 0 Å². The van der Waals surface area contributed by atoms with E-state index in [9.17, 15) is 14.4 Å². The van der Waals surface area contributed by atoms with Crippen molar-refractivity contribution in [3.63, 3.8) is 0 Å². The Labute approximate surface area is 106 Å². The Bertz CT molecular complexity index is 337. The fourth-order valence-electron chi connectivity index (χ4n) is 2.03. The summed E-state index contributed by atoms with van der Waals surface area (Å²) in [5.41, 5.74) is 5.03. The lowest BCUT2D eigenvalue weighted by atomic mass is 9.97. The molecule has 2 amide bonds. The van der Waals surface area contributed by atoms with Gasteiger partial charge in [0.1, 0.15) is 0 Å². The molecule has 1 fully saturated rings. The molecule has 18 heavy (non-hydrogen) atoms. The number of amides is 2. The minimum atomic E-state index is -0.798. The number of likely N-dealkylation sites (tertiary alicyclic amines) is 1. The van der Waals surface area contributed by atoms with Gasteiger partial charge in [-0.1, -0.05) is 0 Å². The predicted octanol–water partition coefficient (Wildman–Crippen LogP) is -1.27. The molecule has 0 radical (unpaired) electrons. The molecule has 0 unspecified atom stereocenters. The Morgan fingerprint density at radius 2 is 1.83 bits per heavy atom. The van der Waals surface area contributed by atoms with Crippen molar-refractivity contribution < 1.29 is 19.5 Å². The smallest absolute Gasteiger partial charge is 0.306 e. The van der Waals surface area contributed by atoms with Gasteiger partial charge in [0, 0.05) is 13.1 Å². The van der Waals surface area contributed by atoms with Crippen molar-refractivity contribution in [2.45, 2.75) is 12.8 Å². The van der Waals surface area contributed by atoms with Crippen LogP contribution in [-0.2, 0) is 14.4 Å². The predicted molar refractivity (Wildman–Crippen MR) is 63.6 cm³/mol. The molecule has 0 aliphatic carbocycles. The Hall–Kier alpha value is -1.63. The van der Waals surface area contributed by atoms with Crippen LogP contribution in [0.25, 0.3) is 0 Å². The van der Waals surface area contributed by atoms with Crippen LogP contribution in [-0.4, -0.2) is 65.9 Å². The Morgan fingerprint density at radius 1 is 1.28 bits per heavy atom. The fraction of sp³-hybridized carbons (Fsp3) is 0.727. The maximum atomic E-state index is 11.9. The molecular formula is C11H19N3O4. The van der Waals surface area contributed by atoms with E-state index in [1.54, 1.807) is 16.8 Å². The van der Waals surface area contributed by atoms with Crippen LogP contribution in [0.1, 0.15) is 12.8 Å².